The van der Waals surface area contributed by atoms with Gasteiger partial charge in [0.1, 0.15) is 13.1 Å². The van der Waals surface area contributed by atoms with Gasteiger partial charge in [0.15, 0.2) is 0 Å². The minimum atomic E-state index is -1.26. The molecule has 0 spiro atoms. The third-order valence-electron chi connectivity index (χ3n) is 2.16. The number of carboxylic acid groups (broad SMARTS) is 1. The van der Waals surface area contributed by atoms with Gasteiger partial charge in [0, 0.05) is 6.07 Å². The number of pyridine rings is 1. The van der Waals surface area contributed by atoms with Crippen molar-refractivity contribution in [2.75, 3.05) is 25.5 Å². The predicted molar refractivity (Wildman–Crippen MR) is 68.2 cm³/mol. The van der Waals surface area contributed by atoms with Crippen molar-refractivity contribution in [3.8, 4) is 5.88 Å². The Hall–Kier alpha value is -2.84. The monoisotopic (exact) mass is 282 g/mol. The number of methoxy groups -OCH3 is 1. The minimum absolute atomic E-state index is 0.329. The third-order valence-corrected chi connectivity index (χ3v) is 2.16. The quantitative estimate of drug-likeness (QED) is 0.643. The van der Waals surface area contributed by atoms with Gasteiger partial charge in [-0.2, -0.15) is 0 Å². The lowest BCUT2D eigenvalue weighted by Gasteiger charge is -2.19. The number of primary amides is 1. The molecule has 108 valence electrons. The number of anilines is 1. The highest BCUT2D eigenvalue weighted by Gasteiger charge is 2.18. The average molecular weight is 282 g/mol. The van der Waals surface area contributed by atoms with E-state index in [0.717, 1.165) is 4.90 Å². The summed E-state index contributed by atoms with van der Waals surface area (Å²) >= 11 is 0. The van der Waals surface area contributed by atoms with Crippen LogP contribution in [0.25, 0.3) is 0 Å². The SMILES string of the molecule is COc1ccc(NC(=O)N(CC(N)=O)CC(=O)O)cn1. The first-order chi connectivity index (χ1) is 9.42. The Bertz CT molecular complexity index is 486. The van der Waals surface area contributed by atoms with E-state index in [1.165, 1.54) is 25.4 Å². The summed E-state index contributed by atoms with van der Waals surface area (Å²) < 4.78 is 4.85. The van der Waals surface area contributed by atoms with E-state index in [2.05, 4.69) is 10.3 Å². The van der Waals surface area contributed by atoms with E-state index in [9.17, 15) is 14.4 Å². The highest BCUT2D eigenvalue weighted by molar-refractivity contribution is 5.93. The molecule has 0 fully saturated rings. The zero-order chi connectivity index (χ0) is 15.1. The number of carbonyl (C=O) groups is 3. The Morgan fingerprint density at radius 3 is 2.55 bits per heavy atom. The maximum atomic E-state index is 11.8. The van der Waals surface area contributed by atoms with Crippen molar-refractivity contribution in [3.05, 3.63) is 18.3 Å². The second-order valence-corrected chi connectivity index (χ2v) is 3.74. The van der Waals surface area contributed by atoms with Gasteiger partial charge in [0.25, 0.3) is 0 Å². The second kappa shape index (κ2) is 6.92. The fourth-order valence-corrected chi connectivity index (χ4v) is 1.33. The molecule has 0 atom stereocenters. The van der Waals surface area contributed by atoms with E-state index >= 15 is 0 Å². The van der Waals surface area contributed by atoms with Gasteiger partial charge in [0.2, 0.25) is 11.8 Å². The van der Waals surface area contributed by atoms with Crippen LogP contribution in [0.2, 0.25) is 0 Å². The van der Waals surface area contributed by atoms with Crippen molar-refractivity contribution in [1.29, 1.82) is 0 Å². The van der Waals surface area contributed by atoms with Gasteiger partial charge in [-0.15, -0.1) is 0 Å². The fourth-order valence-electron chi connectivity index (χ4n) is 1.33. The summed E-state index contributed by atoms with van der Waals surface area (Å²) in [4.78, 5) is 37.9. The van der Waals surface area contributed by atoms with Gasteiger partial charge >= 0.3 is 12.0 Å². The number of carboxylic acids is 1. The van der Waals surface area contributed by atoms with Crippen LogP contribution in [0.5, 0.6) is 5.88 Å². The van der Waals surface area contributed by atoms with Gasteiger partial charge in [0.05, 0.1) is 19.0 Å². The van der Waals surface area contributed by atoms with Crippen LogP contribution in [0.15, 0.2) is 18.3 Å². The Morgan fingerprint density at radius 1 is 1.40 bits per heavy atom. The van der Waals surface area contributed by atoms with Gasteiger partial charge in [-0.1, -0.05) is 0 Å². The number of hydrogen-bond donors (Lipinski definition) is 3. The van der Waals surface area contributed by atoms with E-state index in [-0.39, 0.29) is 0 Å². The molecule has 1 rings (SSSR count). The number of nitrogens with two attached hydrogens (primary N) is 1. The Kier molecular flexibility index (Phi) is 5.27. The molecule has 1 aromatic heterocycles. The molecule has 1 heterocycles. The molecule has 0 unspecified atom stereocenters. The topological polar surface area (TPSA) is 135 Å². The van der Waals surface area contributed by atoms with Crippen LogP contribution in [-0.4, -0.2) is 53.1 Å². The molecule has 0 bridgehead atoms. The highest BCUT2D eigenvalue weighted by Crippen LogP contribution is 2.11. The van der Waals surface area contributed by atoms with E-state index in [4.69, 9.17) is 15.6 Å². The van der Waals surface area contributed by atoms with Gasteiger partial charge in [-0.05, 0) is 6.07 Å². The molecule has 9 nitrogen and oxygen atoms in total. The summed E-state index contributed by atoms with van der Waals surface area (Å²) in [5, 5.41) is 11.1. The maximum Gasteiger partial charge on any atom is 0.323 e. The summed E-state index contributed by atoms with van der Waals surface area (Å²) in [5.74, 6) is -1.70. The largest absolute Gasteiger partial charge is 0.481 e. The van der Waals surface area contributed by atoms with Gasteiger partial charge in [-0.25, -0.2) is 9.78 Å². The average Bonchev–Trinajstić information content (AvgIpc) is 2.37. The van der Waals surface area contributed by atoms with E-state index in [1.807, 2.05) is 0 Å². The summed E-state index contributed by atoms with van der Waals surface area (Å²) in [5.41, 5.74) is 5.29. The van der Waals surface area contributed by atoms with Crippen LogP contribution >= 0.6 is 0 Å². The highest BCUT2D eigenvalue weighted by atomic mass is 16.5. The van der Waals surface area contributed by atoms with Crippen LogP contribution in [0.1, 0.15) is 0 Å². The maximum absolute atomic E-state index is 11.8. The van der Waals surface area contributed by atoms with E-state index in [0.29, 0.717) is 11.6 Å². The van der Waals surface area contributed by atoms with Crippen LogP contribution in [0.3, 0.4) is 0 Å². The van der Waals surface area contributed by atoms with Gasteiger partial charge in [-0.3, -0.25) is 9.59 Å². The molecular formula is C11H14N4O5. The Balaban J connectivity index is 2.73. The molecule has 0 aromatic carbocycles. The molecule has 9 heteroatoms. The molecule has 20 heavy (non-hydrogen) atoms. The second-order valence-electron chi connectivity index (χ2n) is 3.74. The first kappa shape index (κ1) is 15.2. The molecule has 4 N–H and O–H groups in total. The third kappa shape index (κ3) is 4.80. The number of urea groups is 1. The number of ether oxygens (including phenoxy) is 1. The van der Waals surface area contributed by atoms with Crippen molar-refractivity contribution < 1.29 is 24.2 Å². The number of hydrogen-bond acceptors (Lipinski definition) is 5. The fraction of sp³-hybridized carbons (Fsp3) is 0.273. The predicted octanol–water partition coefficient (Wildman–Crippen LogP) is -0.506. The number of aliphatic carboxylic acids is 1. The van der Waals surface area contributed by atoms with Crippen molar-refractivity contribution in [2.24, 2.45) is 5.73 Å². The summed E-state index contributed by atoms with van der Waals surface area (Å²) in [6.45, 7) is -1.14. The Morgan fingerprint density at radius 2 is 2.10 bits per heavy atom. The lowest BCUT2D eigenvalue weighted by atomic mass is 10.4. The summed E-state index contributed by atoms with van der Waals surface area (Å²) in [6, 6.07) is 2.27. The lowest BCUT2D eigenvalue weighted by molar-refractivity contribution is -0.137. The molecular weight excluding hydrogens is 268 g/mol. The van der Waals surface area contributed by atoms with Crippen molar-refractivity contribution >= 4 is 23.6 Å². The molecule has 0 saturated heterocycles. The normalized spacial score (nSPS) is 9.65. The molecule has 3 amide bonds. The van der Waals surface area contributed by atoms with Crippen LogP contribution in [0, 0.1) is 0 Å². The standard InChI is InChI=1S/C11H14N4O5/c1-20-9-3-2-7(4-13-9)14-11(19)15(5-8(12)16)6-10(17)18/h2-4H,5-6H2,1H3,(H2,12,16)(H,14,19)(H,17,18). The minimum Gasteiger partial charge on any atom is -0.481 e. The van der Waals surface area contributed by atoms with E-state index in [1.54, 1.807) is 0 Å². The van der Waals surface area contributed by atoms with Crippen molar-refractivity contribution in [2.45, 2.75) is 0 Å². The Labute approximate surface area is 114 Å². The van der Waals surface area contributed by atoms with Crippen LogP contribution < -0.4 is 15.8 Å². The number of aromatic nitrogens is 1. The van der Waals surface area contributed by atoms with E-state index < -0.39 is 31.0 Å². The smallest absolute Gasteiger partial charge is 0.323 e. The molecule has 0 aliphatic carbocycles. The first-order valence-electron chi connectivity index (χ1n) is 5.48. The number of amides is 3. The zero-order valence-corrected chi connectivity index (χ0v) is 10.7. The van der Waals surface area contributed by atoms with Crippen LogP contribution in [-0.2, 0) is 9.59 Å². The number of rotatable bonds is 6. The zero-order valence-electron chi connectivity index (χ0n) is 10.7. The number of carbonyl (C=O) groups excluding carboxylic acids is 2. The summed E-state index contributed by atoms with van der Waals surface area (Å²) in [7, 11) is 1.45. The van der Waals surface area contributed by atoms with Crippen molar-refractivity contribution in [1.82, 2.24) is 9.88 Å². The number of nitrogens with zero attached hydrogens (tertiary/aromatic N) is 2. The molecule has 0 saturated carbocycles. The lowest BCUT2D eigenvalue weighted by Crippen LogP contribution is -2.43. The van der Waals surface area contributed by atoms with Crippen LogP contribution in [0.4, 0.5) is 10.5 Å². The van der Waals surface area contributed by atoms with Gasteiger partial charge < -0.3 is 25.8 Å². The number of nitrogens with one attached hydrogen (secondary N) is 1. The molecule has 1 aromatic rings. The molecule has 0 aliphatic rings. The summed E-state index contributed by atoms with van der Waals surface area (Å²) in [6.07, 6.45) is 1.33. The molecule has 0 aliphatic heterocycles. The van der Waals surface area contributed by atoms with Crippen molar-refractivity contribution in [3.63, 3.8) is 0 Å². The molecule has 0 radical (unpaired) electrons. The first-order valence-corrected chi connectivity index (χ1v) is 5.48.